The SMILES string of the molecule is CCCCC(=O)[C@H](CCC(=O)O)NC(=O)CC[C@@H](CC(=O)C1CCC(CNC(=O)CCCCCCCCCCCCCCCCCCC(=O)O)CC1)C(=O)O.CCCCCOCCOCCOCC. The summed E-state index contributed by atoms with van der Waals surface area (Å²) in [4.78, 5) is 84.1. The van der Waals surface area contributed by atoms with Gasteiger partial charge in [-0.3, -0.25) is 33.6 Å². The summed E-state index contributed by atoms with van der Waals surface area (Å²) in [5.74, 6) is -4.67. The minimum atomic E-state index is -1.15. The molecule has 0 spiro atoms. The fraction of sp³-hybridized carbons (Fsp3) is 0.870. The van der Waals surface area contributed by atoms with E-state index in [-0.39, 0.29) is 61.9 Å². The summed E-state index contributed by atoms with van der Waals surface area (Å²) >= 11 is 0. The maximum Gasteiger partial charge on any atom is 0.306 e. The molecule has 69 heavy (non-hydrogen) atoms. The van der Waals surface area contributed by atoms with Gasteiger partial charge in [0.1, 0.15) is 5.78 Å². The summed E-state index contributed by atoms with van der Waals surface area (Å²) in [7, 11) is 0. The van der Waals surface area contributed by atoms with E-state index in [2.05, 4.69) is 17.6 Å². The number of carbonyl (C=O) groups excluding carboxylic acids is 4. The van der Waals surface area contributed by atoms with Crippen molar-refractivity contribution >= 4 is 41.3 Å². The van der Waals surface area contributed by atoms with E-state index in [1.165, 1.54) is 77.0 Å². The van der Waals surface area contributed by atoms with Crippen molar-refractivity contribution in [1.82, 2.24) is 10.6 Å². The zero-order valence-electron chi connectivity index (χ0n) is 43.5. The highest BCUT2D eigenvalue weighted by atomic mass is 16.5. The molecule has 0 heterocycles. The lowest BCUT2D eigenvalue weighted by molar-refractivity contribution is -0.145. The van der Waals surface area contributed by atoms with E-state index in [1.54, 1.807) is 0 Å². The lowest BCUT2D eigenvalue weighted by atomic mass is 9.78. The fourth-order valence-electron chi connectivity index (χ4n) is 8.51. The van der Waals surface area contributed by atoms with Crippen molar-refractivity contribution in [2.24, 2.45) is 17.8 Å². The second-order valence-electron chi connectivity index (χ2n) is 19.1. The molecular weight excluding hydrogens is 885 g/mol. The Kier molecular flexibility index (Phi) is 44.6. The molecule has 15 heteroatoms. The van der Waals surface area contributed by atoms with E-state index >= 15 is 0 Å². The van der Waals surface area contributed by atoms with Crippen molar-refractivity contribution in [2.45, 2.75) is 239 Å². The van der Waals surface area contributed by atoms with E-state index < -0.39 is 35.8 Å². The molecule has 402 valence electrons. The molecule has 1 aliphatic rings. The summed E-state index contributed by atoms with van der Waals surface area (Å²) in [6, 6.07) is -0.926. The molecular formula is C54H98N2O13. The van der Waals surface area contributed by atoms with Crippen molar-refractivity contribution in [1.29, 1.82) is 0 Å². The molecule has 1 rings (SSSR count). The monoisotopic (exact) mass is 983 g/mol. The van der Waals surface area contributed by atoms with Crippen molar-refractivity contribution in [3.8, 4) is 0 Å². The number of unbranched alkanes of at least 4 members (excludes halogenated alkanes) is 18. The Balaban J connectivity index is 0.00000283. The van der Waals surface area contributed by atoms with E-state index in [9.17, 15) is 38.7 Å². The average molecular weight is 983 g/mol. The minimum Gasteiger partial charge on any atom is -0.481 e. The van der Waals surface area contributed by atoms with Gasteiger partial charge in [0.05, 0.1) is 38.4 Å². The second-order valence-corrected chi connectivity index (χ2v) is 19.1. The van der Waals surface area contributed by atoms with Gasteiger partial charge >= 0.3 is 17.9 Å². The number of amides is 2. The van der Waals surface area contributed by atoms with Gasteiger partial charge in [0.25, 0.3) is 0 Å². The van der Waals surface area contributed by atoms with E-state index in [4.69, 9.17) is 24.4 Å². The van der Waals surface area contributed by atoms with Gasteiger partial charge in [0.2, 0.25) is 11.8 Å². The number of carboxylic acids is 3. The summed E-state index contributed by atoms with van der Waals surface area (Å²) in [6.45, 7) is 11.1. The first-order valence-electron chi connectivity index (χ1n) is 27.3. The first kappa shape index (κ1) is 65.6. The molecule has 0 aromatic carbocycles. The first-order chi connectivity index (χ1) is 33.3. The molecule has 0 unspecified atom stereocenters. The standard InChI is InChI=1S/C43H74N2O10.C11H24O3/c1-2-3-20-37(46)36(28-30-42(52)53)45-40(49)29-27-35(43(54)55)31-38(47)34-25-23-33(24-26-34)32-44-39(48)21-18-16-14-12-10-8-6-4-5-7-9-11-13-15-17-19-22-41(50)51;1-3-5-6-7-13-10-11-14-9-8-12-4-2/h33-36H,2-32H2,1H3,(H,44,48)(H,45,49)(H,50,51)(H,52,53)(H,54,55);3-11H2,1-2H3/t33?,34?,35-,36-;/m0./s1. The number of nitrogens with one attached hydrogen (secondary N) is 2. The van der Waals surface area contributed by atoms with Crippen LogP contribution in [0.4, 0.5) is 0 Å². The van der Waals surface area contributed by atoms with Crippen molar-refractivity contribution in [2.75, 3.05) is 46.2 Å². The third kappa shape index (κ3) is 42.0. The van der Waals surface area contributed by atoms with Gasteiger partial charge < -0.3 is 40.2 Å². The highest BCUT2D eigenvalue weighted by Crippen LogP contribution is 2.31. The van der Waals surface area contributed by atoms with Gasteiger partial charge in [-0.2, -0.15) is 0 Å². The van der Waals surface area contributed by atoms with Crippen molar-refractivity contribution in [3.63, 3.8) is 0 Å². The van der Waals surface area contributed by atoms with Crippen LogP contribution < -0.4 is 10.6 Å². The topological polar surface area (TPSA) is 232 Å². The summed E-state index contributed by atoms with van der Waals surface area (Å²) < 4.78 is 15.8. The molecule has 15 nitrogen and oxygen atoms in total. The summed E-state index contributed by atoms with van der Waals surface area (Å²) in [6.07, 6.45) is 27.1. The summed E-state index contributed by atoms with van der Waals surface area (Å²) in [5, 5.41) is 33.1. The molecule has 1 aliphatic carbocycles. The van der Waals surface area contributed by atoms with Crippen molar-refractivity contribution in [3.05, 3.63) is 0 Å². The lowest BCUT2D eigenvalue weighted by Gasteiger charge is -2.28. The fourth-order valence-corrected chi connectivity index (χ4v) is 8.51. The van der Waals surface area contributed by atoms with Gasteiger partial charge in [0, 0.05) is 64.2 Å². The molecule has 2 amide bonds. The highest BCUT2D eigenvalue weighted by Gasteiger charge is 2.31. The van der Waals surface area contributed by atoms with Crippen LogP contribution in [0.15, 0.2) is 0 Å². The number of ketones is 2. The molecule has 1 fully saturated rings. The number of hydrogen-bond acceptors (Lipinski definition) is 10. The van der Waals surface area contributed by atoms with Gasteiger partial charge in [-0.25, -0.2) is 0 Å². The maximum atomic E-state index is 13.0. The molecule has 5 N–H and O–H groups in total. The van der Waals surface area contributed by atoms with Crippen molar-refractivity contribution < 1.29 is 63.1 Å². The molecule has 0 aliphatic heterocycles. The zero-order chi connectivity index (χ0) is 51.2. The Morgan fingerprint density at radius 2 is 0.986 bits per heavy atom. The van der Waals surface area contributed by atoms with Crippen LogP contribution in [-0.2, 0) is 47.8 Å². The Labute approximate surface area is 416 Å². The quantitative estimate of drug-likeness (QED) is 0.0358. The zero-order valence-corrected chi connectivity index (χ0v) is 43.5. The van der Waals surface area contributed by atoms with Gasteiger partial charge in [-0.1, -0.05) is 123 Å². The van der Waals surface area contributed by atoms with Crippen LogP contribution in [0, 0.1) is 17.8 Å². The van der Waals surface area contributed by atoms with E-state index in [0.29, 0.717) is 71.0 Å². The molecule has 2 atom stereocenters. The Morgan fingerprint density at radius 3 is 1.48 bits per heavy atom. The molecule has 0 saturated heterocycles. The van der Waals surface area contributed by atoms with E-state index in [0.717, 1.165) is 77.4 Å². The molecule has 0 aromatic rings. The van der Waals surface area contributed by atoms with Crippen LogP contribution in [0.5, 0.6) is 0 Å². The molecule has 0 bridgehead atoms. The first-order valence-corrected chi connectivity index (χ1v) is 27.3. The van der Waals surface area contributed by atoms with Crippen LogP contribution >= 0.6 is 0 Å². The number of ether oxygens (including phenoxy) is 3. The highest BCUT2D eigenvalue weighted by molar-refractivity contribution is 5.90. The Hall–Kier alpha value is -3.43. The third-order valence-corrected chi connectivity index (χ3v) is 12.9. The second kappa shape index (κ2) is 46.9. The van der Waals surface area contributed by atoms with Crippen LogP contribution in [0.2, 0.25) is 0 Å². The maximum absolute atomic E-state index is 13.0. The molecule has 0 radical (unpaired) electrons. The normalized spacial score (nSPS) is 15.3. The largest absolute Gasteiger partial charge is 0.481 e. The van der Waals surface area contributed by atoms with Gasteiger partial charge in [0.15, 0.2) is 5.78 Å². The number of aliphatic carboxylic acids is 3. The number of carboxylic acid groups (broad SMARTS) is 3. The Morgan fingerprint density at radius 1 is 0.493 bits per heavy atom. The van der Waals surface area contributed by atoms with Crippen LogP contribution in [0.1, 0.15) is 233 Å². The van der Waals surface area contributed by atoms with Crippen LogP contribution in [0.3, 0.4) is 0 Å². The molecule has 1 saturated carbocycles. The minimum absolute atomic E-state index is 0.0249. The number of hydrogen-bond donors (Lipinski definition) is 5. The molecule has 0 aromatic heterocycles. The Bertz CT molecular complexity index is 1330. The van der Waals surface area contributed by atoms with Crippen LogP contribution in [-0.4, -0.2) is 109 Å². The third-order valence-electron chi connectivity index (χ3n) is 12.9. The predicted molar refractivity (Wildman–Crippen MR) is 270 cm³/mol. The lowest BCUT2D eigenvalue weighted by Crippen LogP contribution is -2.41. The number of rotatable bonds is 47. The van der Waals surface area contributed by atoms with E-state index in [1.807, 2.05) is 13.8 Å². The average Bonchev–Trinajstić information content (AvgIpc) is 3.32. The van der Waals surface area contributed by atoms with Gasteiger partial charge in [-0.05, 0) is 77.0 Å². The smallest absolute Gasteiger partial charge is 0.306 e. The summed E-state index contributed by atoms with van der Waals surface area (Å²) in [5.41, 5.74) is 0. The predicted octanol–water partition coefficient (Wildman–Crippen LogP) is 10.8. The number of Topliss-reactive ketones (excluding diaryl/α,β-unsaturated/α-hetero) is 2. The van der Waals surface area contributed by atoms with Crippen LogP contribution in [0.25, 0.3) is 0 Å². The van der Waals surface area contributed by atoms with Gasteiger partial charge in [-0.15, -0.1) is 0 Å². The number of carbonyl (C=O) groups is 7.